The maximum absolute atomic E-state index is 12.2. The first kappa shape index (κ1) is 14.7. The predicted molar refractivity (Wildman–Crippen MR) is 80.1 cm³/mol. The topological polar surface area (TPSA) is 72.2 Å². The van der Waals surface area contributed by atoms with Crippen LogP contribution in [-0.2, 0) is 16.4 Å². The van der Waals surface area contributed by atoms with Gasteiger partial charge in [0.25, 0.3) is 10.0 Å². The molecular weight excluding hydrogens is 300 g/mol. The van der Waals surface area contributed by atoms with Crippen LogP contribution in [0.4, 0.5) is 0 Å². The average molecular weight is 316 g/mol. The van der Waals surface area contributed by atoms with Crippen LogP contribution in [0.2, 0.25) is 0 Å². The van der Waals surface area contributed by atoms with Crippen LogP contribution in [0.5, 0.6) is 0 Å². The second kappa shape index (κ2) is 6.15. The molecule has 4 nitrogen and oxygen atoms in total. The van der Waals surface area contributed by atoms with Gasteiger partial charge in [0.05, 0.1) is 0 Å². The van der Waals surface area contributed by atoms with Crippen molar-refractivity contribution in [2.24, 2.45) is 5.73 Å². The minimum absolute atomic E-state index is 0.226. The van der Waals surface area contributed by atoms with Crippen molar-refractivity contribution in [3.63, 3.8) is 0 Å². The minimum atomic E-state index is -3.45. The van der Waals surface area contributed by atoms with Crippen molar-refractivity contribution in [1.82, 2.24) is 4.72 Å². The summed E-state index contributed by atoms with van der Waals surface area (Å²) >= 11 is 2.83. The summed E-state index contributed by atoms with van der Waals surface area (Å²) in [5.74, 6) is 0. The summed E-state index contributed by atoms with van der Waals surface area (Å²) in [5, 5.41) is 3.88. The zero-order valence-electron chi connectivity index (χ0n) is 10.5. The molecule has 0 saturated carbocycles. The molecule has 0 radical (unpaired) electrons. The Balaban J connectivity index is 2.13. The van der Waals surface area contributed by atoms with Crippen LogP contribution >= 0.6 is 22.7 Å². The quantitative estimate of drug-likeness (QED) is 0.859. The Morgan fingerprint density at radius 3 is 2.79 bits per heavy atom. The molecule has 0 amide bonds. The second-order valence-corrected chi connectivity index (χ2v) is 8.05. The molecule has 19 heavy (non-hydrogen) atoms. The Bertz CT molecular complexity index is 617. The van der Waals surface area contributed by atoms with E-state index in [1.54, 1.807) is 17.4 Å². The van der Waals surface area contributed by atoms with E-state index in [9.17, 15) is 8.42 Å². The molecule has 0 bridgehead atoms. The molecule has 0 aliphatic carbocycles. The van der Waals surface area contributed by atoms with Crippen LogP contribution in [0.15, 0.2) is 33.2 Å². The fourth-order valence-electron chi connectivity index (χ4n) is 1.66. The lowest BCUT2D eigenvalue weighted by Crippen LogP contribution is -2.25. The van der Waals surface area contributed by atoms with Gasteiger partial charge in [0, 0.05) is 10.9 Å². The summed E-state index contributed by atoms with van der Waals surface area (Å²) in [6.45, 7) is 2.37. The van der Waals surface area contributed by atoms with E-state index < -0.39 is 10.0 Å². The van der Waals surface area contributed by atoms with Crippen LogP contribution in [0.25, 0.3) is 0 Å². The summed E-state index contributed by atoms with van der Waals surface area (Å²) in [6, 6.07) is 5.16. The van der Waals surface area contributed by atoms with Gasteiger partial charge in [-0.05, 0) is 54.4 Å². The SMILES string of the molecule is CC(NS(=O)(=O)c1ccc(CCN)s1)c1ccsc1. The molecule has 7 heteroatoms. The van der Waals surface area contributed by atoms with Gasteiger partial charge in [-0.25, -0.2) is 13.1 Å². The van der Waals surface area contributed by atoms with Crippen molar-refractivity contribution in [3.8, 4) is 0 Å². The molecule has 0 fully saturated rings. The van der Waals surface area contributed by atoms with Gasteiger partial charge in [-0.2, -0.15) is 11.3 Å². The maximum atomic E-state index is 12.2. The third kappa shape index (κ3) is 3.64. The molecular formula is C12H16N2O2S3. The molecule has 1 atom stereocenters. The van der Waals surface area contributed by atoms with Crippen molar-refractivity contribution in [2.45, 2.75) is 23.6 Å². The van der Waals surface area contributed by atoms with E-state index in [0.717, 1.165) is 10.4 Å². The van der Waals surface area contributed by atoms with Crippen LogP contribution < -0.4 is 10.5 Å². The van der Waals surface area contributed by atoms with Gasteiger partial charge >= 0.3 is 0 Å². The summed E-state index contributed by atoms with van der Waals surface area (Å²) in [7, 11) is -3.45. The van der Waals surface area contributed by atoms with E-state index >= 15 is 0 Å². The van der Waals surface area contributed by atoms with Gasteiger partial charge < -0.3 is 5.73 Å². The van der Waals surface area contributed by atoms with Crippen molar-refractivity contribution in [1.29, 1.82) is 0 Å². The average Bonchev–Trinajstić information content (AvgIpc) is 2.99. The fraction of sp³-hybridized carbons (Fsp3) is 0.333. The van der Waals surface area contributed by atoms with E-state index in [4.69, 9.17) is 5.73 Å². The van der Waals surface area contributed by atoms with E-state index in [1.807, 2.05) is 29.8 Å². The van der Waals surface area contributed by atoms with Gasteiger partial charge in [-0.15, -0.1) is 11.3 Å². The van der Waals surface area contributed by atoms with Gasteiger partial charge in [0.2, 0.25) is 0 Å². The third-order valence-electron chi connectivity index (χ3n) is 2.67. The maximum Gasteiger partial charge on any atom is 0.250 e. The Hall–Kier alpha value is -0.730. The Kier molecular flexibility index (Phi) is 4.75. The lowest BCUT2D eigenvalue weighted by Gasteiger charge is -2.11. The Morgan fingerprint density at radius 1 is 1.37 bits per heavy atom. The molecule has 0 saturated heterocycles. The molecule has 2 aromatic heterocycles. The number of nitrogens with two attached hydrogens (primary N) is 1. The number of thiophene rings is 2. The van der Waals surface area contributed by atoms with Gasteiger partial charge in [0.1, 0.15) is 4.21 Å². The smallest absolute Gasteiger partial charge is 0.250 e. The molecule has 0 spiro atoms. The van der Waals surface area contributed by atoms with Crippen molar-refractivity contribution in [2.75, 3.05) is 6.54 Å². The molecule has 2 heterocycles. The molecule has 2 aromatic rings. The zero-order valence-corrected chi connectivity index (χ0v) is 12.9. The van der Waals surface area contributed by atoms with E-state index in [0.29, 0.717) is 17.2 Å². The van der Waals surface area contributed by atoms with Crippen LogP contribution in [-0.4, -0.2) is 15.0 Å². The third-order valence-corrected chi connectivity index (χ3v) is 6.55. The van der Waals surface area contributed by atoms with Gasteiger partial charge in [-0.3, -0.25) is 0 Å². The zero-order chi connectivity index (χ0) is 13.9. The lowest BCUT2D eigenvalue weighted by atomic mass is 10.2. The number of hydrogen-bond acceptors (Lipinski definition) is 5. The van der Waals surface area contributed by atoms with Crippen molar-refractivity contribution >= 4 is 32.7 Å². The standard InChI is InChI=1S/C12H16N2O2S3/c1-9(10-5-7-17-8-10)14-19(15,16)12-3-2-11(18-12)4-6-13/h2-3,5,7-9,14H,4,6,13H2,1H3. The Labute approximate surface area is 121 Å². The number of sulfonamides is 1. The van der Waals surface area contributed by atoms with Crippen LogP contribution in [0.3, 0.4) is 0 Å². The highest BCUT2D eigenvalue weighted by molar-refractivity contribution is 7.91. The highest BCUT2D eigenvalue weighted by Crippen LogP contribution is 2.24. The van der Waals surface area contributed by atoms with Gasteiger partial charge in [0.15, 0.2) is 0 Å². The lowest BCUT2D eigenvalue weighted by molar-refractivity contribution is 0.569. The normalized spacial score (nSPS) is 13.6. The summed E-state index contributed by atoms with van der Waals surface area (Å²) in [5.41, 5.74) is 6.45. The van der Waals surface area contributed by atoms with E-state index in [2.05, 4.69) is 4.72 Å². The number of rotatable bonds is 6. The van der Waals surface area contributed by atoms with Crippen molar-refractivity contribution in [3.05, 3.63) is 39.4 Å². The molecule has 2 rings (SSSR count). The molecule has 104 valence electrons. The first-order chi connectivity index (χ1) is 9.03. The van der Waals surface area contributed by atoms with Crippen molar-refractivity contribution < 1.29 is 8.42 Å². The highest BCUT2D eigenvalue weighted by Gasteiger charge is 2.20. The molecule has 0 aromatic carbocycles. The minimum Gasteiger partial charge on any atom is -0.330 e. The Morgan fingerprint density at radius 2 is 2.16 bits per heavy atom. The highest BCUT2D eigenvalue weighted by atomic mass is 32.2. The second-order valence-electron chi connectivity index (χ2n) is 4.16. The van der Waals surface area contributed by atoms with E-state index in [-0.39, 0.29) is 6.04 Å². The first-order valence-electron chi connectivity index (χ1n) is 5.86. The molecule has 0 aliphatic heterocycles. The van der Waals surface area contributed by atoms with Gasteiger partial charge in [-0.1, -0.05) is 0 Å². The largest absolute Gasteiger partial charge is 0.330 e. The summed E-state index contributed by atoms with van der Waals surface area (Å²) < 4.78 is 27.5. The predicted octanol–water partition coefficient (Wildman–Crippen LogP) is 2.35. The number of hydrogen-bond donors (Lipinski definition) is 2. The number of nitrogens with one attached hydrogen (secondary N) is 1. The van der Waals surface area contributed by atoms with Crippen LogP contribution in [0, 0.1) is 0 Å². The monoisotopic (exact) mass is 316 g/mol. The summed E-state index contributed by atoms with van der Waals surface area (Å²) in [6.07, 6.45) is 0.709. The molecule has 3 N–H and O–H groups in total. The van der Waals surface area contributed by atoms with Crippen LogP contribution in [0.1, 0.15) is 23.4 Å². The van der Waals surface area contributed by atoms with E-state index in [1.165, 1.54) is 11.3 Å². The first-order valence-corrected chi connectivity index (χ1v) is 9.10. The fourth-order valence-corrected chi connectivity index (χ4v) is 5.03. The summed E-state index contributed by atoms with van der Waals surface area (Å²) in [4.78, 5) is 0.992. The molecule has 0 aliphatic rings. The molecule has 1 unspecified atom stereocenters.